The lowest BCUT2D eigenvalue weighted by atomic mass is 9.82. The fourth-order valence-electron chi connectivity index (χ4n) is 2.18. The lowest BCUT2D eigenvalue weighted by Crippen LogP contribution is -2.39. The van der Waals surface area contributed by atoms with Crippen molar-refractivity contribution < 1.29 is 9.90 Å². The Kier molecular flexibility index (Phi) is 3.81. The minimum absolute atomic E-state index is 0.0703. The summed E-state index contributed by atoms with van der Waals surface area (Å²) in [5.41, 5.74) is 1.34. The third-order valence-electron chi connectivity index (χ3n) is 3.36. The number of nitrogens with one attached hydrogen (secondary N) is 1. The summed E-state index contributed by atoms with van der Waals surface area (Å²) in [5.74, 6) is 0.351. The smallest absolute Gasteiger partial charge is 0.272 e. The molecule has 0 atom stereocenters. The Balaban J connectivity index is 1.92. The maximum atomic E-state index is 12.1. The SMILES string of the molecule is CNc1ccc(C(=O)N(C)CC2CC(O)C2)nc1. The average molecular weight is 249 g/mol. The second kappa shape index (κ2) is 5.35. The Morgan fingerprint density at radius 2 is 2.28 bits per heavy atom. The Morgan fingerprint density at radius 3 is 2.78 bits per heavy atom. The Morgan fingerprint density at radius 1 is 1.56 bits per heavy atom. The van der Waals surface area contributed by atoms with E-state index in [9.17, 15) is 9.90 Å². The van der Waals surface area contributed by atoms with Gasteiger partial charge in [0.1, 0.15) is 5.69 Å². The average Bonchev–Trinajstić information content (AvgIpc) is 2.36. The maximum Gasteiger partial charge on any atom is 0.272 e. The molecule has 0 unspecified atom stereocenters. The van der Waals surface area contributed by atoms with Crippen LogP contribution in [0.3, 0.4) is 0 Å². The van der Waals surface area contributed by atoms with E-state index in [0.717, 1.165) is 18.5 Å². The van der Waals surface area contributed by atoms with E-state index < -0.39 is 0 Å². The van der Waals surface area contributed by atoms with Crippen LogP contribution in [-0.2, 0) is 0 Å². The van der Waals surface area contributed by atoms with Gasteiger partial charge in [0.15, 0.2) is 0 Å². The van der Waals surface area contributed by atoms with Gasteiger partial charge in [-0.3, -0.25) is 4.79 Å². The first-order valence-electron chi connectivity index (χ1n) is 6.17. The molecule has 2 N–H and O–H groups in total. The topological polar surface area (TPSA) is 65.5 Å². The van der Waals surface area contributed by atoms with Crippen molar-refractivity contribution in [3.8, 4) is 0 Å². The summed E-state index contributed by atoms with van der Waals surface area (Å²) in [5, 5.41) is 12.2. The third-order valence-corrected chi connectivity index (χ3v) is 3.36. The number of pyridine rings is 1. The van der Waals surface area contributed by atoms with E-state index in [1.165, 1.54) is 0 Å². The molecule has 0 saturated heterocycles. The van der Waals surface area contributed by atoms with Gasteiger partial charge in [0.25, 0.3) is 5.91 Å². The largest absolute Gasteiger partial charge is 0.393 e. The van der Waals surface area contributed by atoms with E-state index in [4.69, 9.17) is 0 Å². The number of anilines is 1. The number of aliphatic hydroxyl groups is 1. The van der Waals surface area contributed by atoms with Gasteiger partial charge in [-0.2, -0.15) is 0 Å². The number of carbonyl (C=O) groups is 1. The standard InChI is InChI=1S/C13H19N3O2/c1-14-10-3-4-12(15-7-10)13(18)16(2)8-9-5-11(17)6-9/h3-4,7,9,11,14,17H,5-6,8H2,1-2H3. The van der Waals surface area contributed by atoms with Crippen LogP contribution in [0.25, 0.3) is 0 Å². The third kappa shape index (κ3) is 2.79. The Bertz CT molecular complexity index is 413. The van der Waals surface area contributed by atoms with Crippen molar-refractivity contribution in [2.75, 3.05) is 26.0 Å². The lowest BCUT2D eigenvalue weighted by Gasteiger charge is -2.34. The molecule has 0 radical (unpaired) electrons. The van der Waals surface area contributed by atoms with Gasteiger partial charge in [-0.05, 0) is 30.9 Å². The predicted molar refractivity (Wildman–Crippen MR) is 69.5 cm³/mol. The molecule has 0 bridgehead atoms. The Hall–Kier alpha value is -1.62. The zero-order chi connectivity index (χ0) is 13.1. The zero-order valence-electron chi connectivity index (χ0n) is 10.8. The van der Waals surface area contributed by atoms with Crippen molar-refractivity contribution in [2.24, 2.45) is 5.92 Å². The minimum Gasteiger partial charge on any atom is -0.393 e. The first kappa shape index (κ1) is 12.8. The highest BCUT2D eigenvalue weighted by Gasteiger charge is 2.29. The molecule has 1 aliphatic carbocycles. The van der Waals surface area contributed by atoms with E-state index >= 15 is 0 Å². The predicted octanol–water partition coefficient (Wildman–Crippen LogP) is 0.966. The molecule has 0 aromatic carbocycles. The first-order valence-corrected chi connectivity index (χ1v) is 6.17. The Labute approximate surface area is 107 Å². The molecular formula is C13H19N3O2. The first-order chi connectivity index (χ1) is 8.60. The molecule has 5 heteroatoms. The number of nitrogens with zero attached hydrogens (tertiary/aromatic N) is 2. The van der Waals surface area contributed by atoms with E-state index in [-0.39, 0.29) is 12.0 Å². The lowest BCUT2D eigenvalue weighted by molar-refractivity contribution is 0.0264. The number of carbonyl (C=O) groups excluding carboxylic acids is 1. The van der Waals surface area contributed by atoms with E-state index in [2.05, 4.69) is 10.3 Å². The molecule has 1 aliphatic rings. The summed E-state index contributed by atoms with van der Waals surface area (Å²) in [6.07, 6.45) is 3.06. The van der Waals surface area contributed by atoms with Crippen LogP contribution in [0.15, 0.2) is 18.3 Å². The summed E-state index contributed by atoms with van der Waals surface area (Å²) < 4.78 is 0. The van der Waals surface area contributed by atoms with Crippen molar-refractivity contribution in [3.05, 3.63) is 24.0 Å². The molecule has 0 aliphatic heterocycles. The van der Waals surface area contributed by atoms with Crippen LogP contribution in [0.5, 0.6) is 0 Å². The highest BCUT2D eigenvalue weighted by Crippen LogP contribution is 2.27. The van der Waals surface area contributed by atoms with Crippen LogP contribution in [-0.4, -0.2) is 47.6 Å². The van der Waals surface area contributed by atoms with Crippen molar-refractivity contribution in [3.63, 3.8) is 0 Å². The maximum absolute atomic E-state index is 12.1. The molecule has 0 spiro atoms. The van der Waals surface area contributed by atoms with Gasteiger partial charge in [-0.25, -0.2) is 4.98 Å². The summed E-state index contributed by atoms with van der Waals surface area (Å²) in [7, 11) is 3.59. The fraction of sp³-hybridized carbons (Fsp3) is 0.538. The monoisotopic (exact) mass is 249 g/mol. The molecule has 1 heterocycles. The van der Waals surface area contributed by atoms with Crippen molar-refractivity contribution in [1.82, 2.24) is 9.88 Å². The van der Waals surface area contributed by atoms with Crippen molar-refractivity contribution >= 4 is 11.6 Å². The second-order valence-corrected chi connectivity index (χ2v) is 4.86. The normalized spacial score (nSPS) is 22.2. The molecule has 98 valence electrons. The second-order valence-electron chi connectivity index (χ2n) is 4.86. The van der Waals surface area contributed by atoms with Gasteiger partial charge >= 0.3 is 0 Å². The molecule has 1 aromatic heterocycles. The molecular weight excluding hydrogens is 230 g/mol. The number of hydrogen-bond donors (Lipinski definition) is 2. The van der Waals surface area contributed by atoms with Crippen LogP contribution in [0.1, 0.15) is 23.3 Å². The highest BCUT2D eigenvalue weighted by atomic mass is 16.3. The van der Waals surface area contributed by atoms with Crippen LogP contribution < -0.4 is 5.32 Å². The number of aromatic nitrogens is 1. The number of rotatable bonds is 4. The van der Waals surface area contributed by atoms with Gasteiger partial charge in [0.05, 0.1) is 18.0 Å². The van der Waals surface area contributed by atoms with Crippen LogP contribution in [0.2, 0.25) is 0 Å². The molecule has 2 rings (SSSR count). The number of aliphatic hydroxyl groups excluding tert-OH is 1. The molecule has 1 amide bonds. The summed E-state index contributed by atoms with van der Waals surface area (Å²) in [6.45, 7) is 0.686. The van der Waals surface area contributed by atoms with E-state index in [0.29, 0.717) is 18.2 Å². The zero-order valence-corrected chi connectivity index (χ0v) is 10.8. The fourth-order valence-corrected chi connectivity index (χ4v) is 2.18. The van der Waals surface area contributed by atoms with Crippen LogP contribution in [0, 0.1) is 5.92 Å². The minimum atomic E-state index is -0.175. The van der Waals surface area contributed by atoms with Gasteiger partial charge < -0.3 is 15.3 Å². The summed E-state index contributed by atoms with van der Waals surface area (Å²) in [6, 6.07) is 3.56. The number of amides is 1. The van der Waals surface area contributed by atoms with E-state index in [1.54, 1.807) is 24.2 Å². The molecule has 1 aromatic rings. The molecule has 1 fully saturated rings. The van der Waals surface area contributed by atoms with Gasteiger partial charge in [0, 0.05) is 20.6 Å². The number of hydrogen-bond acceptors (Lipinski definition) is 4. The highest BCUT2D eigenvalue weighted by molar-refractivity contribution is 5.92. The van der Waals surface area contributed by atoms with Crippen molar-refractivity contribution in [1.29, 1.82) is 0 Å². The van der Waals surface area contributed by atoms with E-state index in [1.807, 2.05) is 13.1 Å². The molecule has 5 nitrogen and oxygen atoms in total. The summed E-state index contributed by atoms with van der Waals surface area (Å²) >= 11 is 0. The quantitative estimate of drug-likeness (QED) is 0.834. The van der Waals surface area contributed by atoms with Crippen LogP contribution in [0.4, 0.5) is 5.69 Å². The van der Waals surface area contributed by atoms with Crippen molar-refractivity contribution in [2.45, 2.75) is 18.9 Å². The van der Waals surface area contributed by atoms with Gasteiger partial charge in [0.2, 0.25) is 0 Å². The van der Waals surface area contributed by atoms with Gasteiger partial charge in [-0.15, -0.1) is 0 Å². The van der Waals surface area contributed by atoms with Crippen LogP contribution >= 0.6 is 0 Å². The molecule has 1 saturated carbocycles. The van der Waals surface area contributed by atoms with Gasteiger partial charge in [-0.1, -0.05) is 0 Å². The summed E-state index contributed by atoms with van der Waals surface area (Å²) in [4.78, 5) is 17.9. The molecule has 18 heavy (non-hydrogen) atoms.